The second kappa shape index (κ2) is 11.0. The summed E-state index contributed by atoms with van der Waals surface area (Å²) in [7, 11) is 1.46. The Hall–Kier alpha value is -3.51. The Morgan fingerprint density at radius 1 is 0.774 bits per heavy atom. The first-order valence-electron chi connectivity index (χ1n) is 9.63. The zero-order chi connectivity index (χ0) is 23.0. The molecule has 0 radical (unpaired) electrons. The third-order valence-electron chi connectivity index (χ3n) is 4.49. The van der Waals surface area contributed by atoms with Crippen LogP contribution in [-0.2, 0) is 14.3 Å². The summed E-state index contributed by atoms with van der Waals surface area (Å²) in [6.07, 6.45) is -0.803. The average molecular weight is 422 g/mol. The molecule has 0 aliphatic carbocycles. The minimum Gasteiger partial charge on any atom is -0.485 e. The Balaban J connectivity index is 2.04. The molecule has 0 amide bonds. The molecule has 1 unspecified atom stereocenters. The Labute approximate surface area is 182 Å². The highest BCUT2D eigenvalue weighted by Gasteiger charge is 2.22. The van der Waals surface area contributed by atoms with Crippen molar-refractivity contribution in [2.24, 2.45) is 0 Å². The van der Waals surface area contributed by atoms with Gasteiger partial charge in [-0.3, -0.25) is 14.4 Å². The summed E-state index contributed by atoms with van der Waals surface area (Å²) in [6, 6.07) is 13.3. The normalized spacial score (nSPS) is 11.3. The number of carbonyl (C=O) groups excluding carboxylic acids is 3. The largest absolute Gasteiger partial charge is 0.485 e. The van der Waals surface area contributed by atoms with Crippen molar-refractivity contribution in [2.45, 2.75) is 20.0 Å². The van der Waals surface area contributed by atoms with Crippen molar-refractivity contribution >= 4 is 17.3 Å². The van der Waals surface area contributed by atoms with E-state index in [4.69, 9.17) is 14.2 Å². The van der Waals surface area contributed by atoms with Gasteiger partial charge in [-0.15, -0.1) is 0 Å². The molecule has 1 atom stereocenters. The predicted molar refractivity (Wildman–Crippen MR) is 118 cm³/mol. The summed E-state index contributed by atoms with van der Waals surface area (Å²) in [4.78, 5) is 36.1. The maximum Gasteiger partial charge on any atom is 0.196 e. The van der Waals surface area contributed by atoms with Gasteiger partial charge in [0.1, 0.15) is 17.6 Å². The van der Waals surface area contributed by atoms with Crippen LogP contribution in [0.4, 0.5) is 0 Å². The summed E-state index contributed by atoms with van der Waals surface area (Å²) in [6.45, 7) is 10.2. The number of ketones is 3. The van der Waals surface area contributed by atoms with Crippen molar-refractivity contribution in [2.75, 3.05) is 20.3 Å². The average Bonchev–Trinajstić information content (AvgIpc) is 2.77. The fourth-order valence-corrected chi connectivity index (χ4v) is 2.54. The first kappa shape index (κ1) is 23.8. The lowest BCUT2D eigenvalue weighted by Crippen LogP contribution is -2.15. The van der Waals surface area contributed by atoms with E-state index in [0.29, 0.717) is 33.8 Å². The molecular weight excluding hydrogens is 396 g/mol. The SMILES string of the molecule is C=C(C)C(=O)COc1ccc(C(=O)C(OC)c2ccc(OCC(=O)C(=C)C)cc2)cc1. The zero-order valence-corrected chi connectivity index (χ0v) is 18.0. The van der Waals surface area contributed by atoms with E-state index in [-0.39, 0.29) is 30.6 Å². The number of ether oxygens (including phenoxy) is 3. The smallest absolute Gasteiger partial charge is 0.196 e. The molecule has 2 aromatic carbocycles. The number of rotatable bonds is 12. The molecule has 0 spiro atoms. The highest BCUT2D eigenvalue weighted by molar-refractivity contribution is 6.00. The maximum atomic E-state index is 12.9. The molecule has 0 aliphatic heterocycles. The van der Waals surface area contributed by atoms with E-state index in [1.165, 1.54) is 7.11 Å². The maximum absolute atomic E-state index is 12.9. The number of hydrogen-bond donors (Lipinski definition) is 0. The molecule has 0 saturated carbocycles. The van der Waals surface area contributed by atoms with Gasteiger partial charge < -0.3 is 14.2 Å². The van der Waals surface area contributed by atoms with E-state index in [9.17, 15) is 14.4 Å². The Morgan fingerprint density at radius 2 is 1.19 bits per heavy atom. The van der Waals surface area contributed by atoms with Crippen LogP contribution in [0.5, 0.6) is 11.5 Å². The lowest BCUT2D eigenvalue weighted by atomic mass is 9.99. The van der Waals surface area contributed by atoms with Gasteiger partial charge in [0.2, 0.25) is 0 Å². The van der Waals surface area contributed by atoms with Gasteiger partial charge >= 0.3 is 0 Å². The molecule has 2 aromatic rings. The van der Waals surface area contributed by atoms with Gasteiger partial charge in [0, 0.05) is 12.7 Å². The van der Waals surface area contributed by atoms with Crippen molar-refractivity contribution in [3.63, 3.8) is 0 Å². The molecule has 31 heavy (non-hydrogen) atoms. The highest BCUT2D eigenvalue weighted by atomic mass is 16.5. The molecule has 0 saturated heterocycles. The zero-order valence-electron chi connectivity index (χ0n) is 18.0. The molecule has 0 aromatic heterocycles. The van der Waals surface area contributed by atoms with E-state index in [2.05, 4.69) is 13.2 Å². The molecule has 6 heteroatoms. The van der Waals surface area contributed by atoms with Crippen molar-refractivity contribution in [1.82, 2.24) is 0 Å². The van der Waals surface area contributed by atoms with Crippen LogP contribution >= 0.6 is 0 Å². The molecule has 2 rings (SSSR count). The van der Waals surface area contributed by atoms with Gasteiger partial charge in [-0.25, -0.2) is 0 Å². The van der Waals surface area contributed by atoms with Crippen LogP contribution in [0.3, 0.4) is 0 Å². The lowest BCUT2D eigenvalue weighted by Gasteiger charge is -2.16. The summed E-state index contributed by atoms with van der Waals surface area (Å²) in [5.41, 5.74) is 1.95. The second-order valence-corrected chi connectivity index (χ2v) is 7.06. The number of methoxy groups -OCH3 is 1. The lowest BCUT2D eigenvalue weighted by molar-refractivity contribution is -0.118. The first-order valence-corrected chi connectivity index (χ1v) is 9.63. The molecule has 0 bridgehead atoms. The predicted octanol–water partition coefficient (Wildman–Crippen LogP) is 4.31. The molecule has 0 fully saturated rings. The van der Waals surface area contributed by atoms with Gasteiger partial charge in [-0.05, 0) is 67.0 Å². The molecule has 0 N–H and O–H groups in total. The van der Waals surface area contributed by atoms with Gasteiger partial charge in [0.15, 0.2) is 30.6 Å². The summed E-state index contributed by atoms with van der Waals surface area (Å²) >= 11 is 0. The van der Waals surface area contributed by atoms with Crippen molar-refractivity contribution in [3.05, 3.63) is 84.0 Å². The topological polar surface area (TPSA) is 78.9 Å². The van der Waals surface area contributed by atoms with Crippen LogP contribution in [0.2, 0.25) is 0 Å². The monoisotopic (exact) mass is 422 g/mol. The molecule has 0 aliphatic rings. The number of hydrogen-bond acceptors (Lipinski definition) is 6. The van der Waals surface area contributed by atoms with Crippen LogP contribution in [0, 0.1) is 0 Å². The van der Waals surface area contributed by atoms with Gasteiger partial charge in [0.25, 0.3) is 0 Å². The second-order valence-electron chi connectivity index (χ2n) is 7.06. The number of Topliss-reactive ketones (excluding diaryl/α,β-unsaturated/α-hetero) is 3. The first-order chi connectivity index (χ1) is 14.7. The number of carbonyl (C=O) groups is 3. The van der Waals surface area contributed by atoms with Gasteiger partial charge in [-0.1, -0.05) is 25.3 Å². The van der Waals surface area contributed by atoms with Crippen LogP contribution in [-0.4, -0.2) is 37.7 Å². The van der Waals surface area contributed by atoms with E-state index < -0.39 is 6.10 Å². The van der Waals surface area contributed by atoms with E-state index in [1.54, 1.807) is 62.4 Å². The number of benzene rings is 2. The molecule has 162 valence electrons. The quantitative estimate of drug-likeness (QED) is 0.375. The summed E-state index contributed by atoms with van der Waals surface area (Å²) < 4.78 is 16.3. The Kier molecular flexibility index (Phi) is 8.46. The van der Waals surface area contributed by atoms with Crippen molar-refractivity contribution < 1.29 is 28.6 Å². The van der Waals surface area contributed by atoms with E-state index in [0.717, 1.165) is 0 Å². The van der Waals surface area contributed by atoms with E-state index >= 15 is 0 Å². The van der Waals surface area contributed by atoms with Crippen molar-refractivity contribution in [3.8, 4) is 11.5 Å². The molecule has 0 heterocycles. The minimum atomic E-state index is -0.803. The fourth-order valence-electron chi connectivity index (χ4n) is 2.54. The summed E-state index contributed by atoms with van der Waals surface area (Å²) in [5.74, 6) is 0.400. The van der Waals surface area contributed by atoms with Crippen LogP contribution < -0.4 is 9.47 Å². The van der Waals surface area contributed by atoms with Gasteiger partial charge in [0.05, 0.1) is 0 Å². The van der Waals surface area contributed by atoms with Crippen molar-refractivity contribution in [1.29, 1.82) is 0 Å². The molecule has 6 nitrogen and oxygen atoms in total. The van der Waals surface area contributed by atoms with Crippen LogP contribution in [0.25, 0.3) is 0 Å². The summed E-state index contributed by atoms with van der Waals surface area (Å²) in [5, 5.41) is 0. The van der Waals surface area contributed by atoms with Gasteiger partial charge in [-0.2, -0.15) is 0 Å². The Morgan fingerprint density at radius 3 is 1.58 bits per heavy atom. The van der Waals surface area contributed by atoms with E-state index in [1.807, 2.05) is 0 Å². The minimum absolute atomic E-state index is 0.0896. The fraction of sp³-hybridized carbons (Fsp3) is 0.240. The molecular formula is C25H26O6. The van der Waals surface area contributed by atoms with Crippen LogP contribution in [0.15, 0.2) is 72.8 Å². The standard InChI is InChI=1S/C25H26O6/c1-16(2)22(26)14-30-20-10-6-18(7-11-20)24(28)25(29-5)19-8-12-21(13-9-19)31-15-23(27)17(3)4/h6-13,25H,1,3,14-15H2,2,4-5H3. The highest BCUT2D eigenvalue weighted by Crippen LogP contribution is 2.25. The van der Waals surface area contributed by atoms with Crippen LogP contribution in [0.1, 0.15) is 35.9 Å². The third-order valence-corrected chi connectivity index (χ3v) is 4.49. The Bertz CT molecular complexity index is 970. The third kappa shape index (κ3) is 6.76.